The highest BCUT2D eigenvalue weighted by molar-refractivity contribution is 9.10. The van der Waals surface area contributed by atoms with E-state index in [0.717, 1.165) is 33.4 Å². The number of rotatable bonds is 5. The molecule has 0 aliphatic carbocycles. The maximum atomic E-state index is 12.8. The van der Waals surface area contributed by atoms with Gasteiger partial charge in [-0.05, 0) is 36.8 Å². The maximum absolute atomic E-state index is 12.8. The molecule has 1 amide bonds. The normalized spacial score (nSPS) is 15.5. The summed E-state index contributed by atoms with van der Waals surface area (Å²) in [5, 5.41) is 4.81. The summed E-state index contributed by atoms with van der Waals surface area (Å²) in [4.78, 5) is 15.1. The number of thiocarbonyl (C=S) groups is 1. The Morgan fingerprint density at radius 1 is 1.14 bits per heavy atom. The van der Waals surface area contributed by atoms with Crippen LogP contribution < -0.4 is 0 Å². The van der Waals surface area contributed by atoms with Crippen molar-refractivity contribution in [2.45, 2.75) is 13.3 Å². The number of amides is 1. The molecule has 1 fully saturated rings. The van der Waals surface area contributed by atoms with Crippen molar-refractivity contribution in [2.75, 3.05) is 6.54 Å². The second-order valence-electron chi connectivity index (χ2n) is 6.55. The first kappa shape index (κ1) is 20.1. The molecule has 4 nitrogen and oxygen atoms in total. The molecule has 0 atom stereocenters. The Morgan fingerprint density at radius 2 is 1.86 bits per heavy atom. The molecule has 7 heteroatoms. The summed E-state index contributed by atoms with van der Waals surface area (Å²) in [7, 11) is 0. The third-order valence-electron chi connectivity index (χ3n) is 4.49. The van der Waals surface area contributed by atoms with Crippen LogP contribution in [0.2, 0.25) is 0 Å². The van der Waals surface area contributed by atoms with Crippen LogP contribution in [0, 0.1) is 0 Å². The molecular formula is C22H18BrN3OS2. The van der Waals surface area contributed by atoms with Gasteiger partial charge >= 0.3 is 0 Å². The minimum absolute atomic E-state index is 0.0314. The number of benzene rings is 2. The van der Waals surface area contributed by atoms with Crippen molar-refractivity contribution in [3.63, 3.8) is 0 Å². The number of nitrogens with zero attached hydrogens (tertiary/aromatic N) is 3. The van der Waals surface area contributed by atoms with Crippen LogP contribution in [-0.4, -0.2) is 31.5 Å². The summed E-state index contributed by atoms with van der Waals surface area (Å²) in [5.74, 6) is -0.0314. The van der Waals surface area contributed by atoms with Gasteiger partial charge in [-0.15, -0.1) is 0 Å². The summed E-state index contributed by atoms with van der Waals surface area (Å²) >= 11 is 10.2. The summed E-state index contributed by atoms with van der Waals surface area (Å²) in [6, 6.07) is 17.9. The molecule has 2 heterocycles. The quantitative estimate of drug-likeness (QED) is 0.333. The van der Waals surface area contributed by atoms with Crippen LogP contribution in [0.25, 0.3) is 23.0 Å². The monoisotopic (exact) mass is 483 g/mol. The number of hydrogen-bond acceptors (Lipinski definition) is 4. The number of carbonyl (C=O) groups excluding carboxylic acids is 1. The molecular weight excluding hydrogens is 466 g/mol. The predicted octanol–water partition coefficient (Wildman–Crippen LogP) is 5.91. The predicted molar refractivity (Wildman–Crippen MR) is 127 cm³/mol. The van der Waals surface area contributed by atoms with Crippen LogP contribution in [0.3, 0.4) is 0 Å². The second-order valence-corrected chi connectivity index (χ2v) is 9.14. The van der Waals surface area contributed by atoms with Crippen molar-refractivity contribution in [3.8, 4) is 16.9 Å². The van der Waals surface area contributed by atoms with Crippen LogP contribution >= 0.6 is 39.9 Å². The van der Waals surface area contributed by atoms with E-state index in [1.54, 1.807) is 4.90 Å². The first-order chi connectivity index (χ1) is 14.1. The van der Waals surface area contributed by atoms with E-state index < -0.39 is 0 Å². The van der Waals surface area contributed by atoms with Crippen LogP contribution in [0.5, 0.6) is 0 Å². The van der Waals surface area contributed by atoms with E-state index in [2.05, 4.69) is 15.9 Å². The van der Waals surface area contributed by atoms with Gasteiger partial charge in [-0.3, -0.25) is 9.69 Å². The van der Waals surface area contributed by atoms with Gasteiger partial charge in [-0.1, -0.05) is 77.2 Å². The lowest BCUT2D eigenvalue weighted by Crippen LogP contribution is -2.28. The Hall–Kier alpha value is -2.22. The van der Waals surface area contributed by atoms with Crippen LogP contribution in [-0.2, 0) is 4.79 Å². The Morgan fingerprint density at radius 3 is 2.55 bits per heavy atom. The number of aromatic nitrogens is 2. The Bertz CT molecular complexity index is 1090. The maximum Gasteiger partial charge on any atom is 0.266 e. The molecule has 2 aromatic carbocycles. The van der Waals surface area contributed by atoms with Crippen LogP contribution in [0.1, 0.15) is 18.9 Å². The topological polar surface area (TPSA) is 38.1 Å². The Balaban J connectivity index is 1.79. The van der Waals surface area contributed by atoms with E-state index in [4.69, 9.17) is 17.3 Å². The zero-order chi connectivity index (χ0) is 20.4. The van der Waals surface area contributed by atoms with Gasteiger partial charge in [0.2, 0.25) is 0 Å². The number of thioether (sulfide) groups is 1. The molecule has 0 spiro atoms. The molecule has 4 rings (SSSR count). The Kier molecular flexibility index (Phi) is 5.99. The van der Waals surface area contributed by atoms with Crippen molar-refractivity contribution in [3.05, 3.63) is 75.7 Å². The number of hydrogen-bond donors (Lipinski definition) is 0. The van der Waals surface area contributed by atoms with E-state index in [9.17, 15) is 4.79 Å². The Labute approximate surface area is 187 Å². The van der Waals surface area contributed by atoms with Gasteiger partial charge in [0.05, 0.1) is 16.3 Å². The smallest absolute Gasteiger partial charge is 0.266 e. The molecule has 0 saturated carbocycles. The highest BCUT2D eigenvalue weighted by Crippen LogP contribution is 2.35. The molecule has 1 saturated heterocycles. The number of halogens is 1. The third-order valence-corrected chi connectivity index (χ3v) is 6.39. The minimum atomic E-state index is -0.0314. The lowest BCUT2D eigenvalue weighted by molar-refractivity contribution is -0.122. The minimum Gasteiger partial charge on any atom is -0.293 e. The van der Waals surface area contributed by atoms with Gasteiger partial charge in [0.15, 0.2) is 0 Å². The molecule has 1 aromatic heterocycles. The first-order valence-corrected chi connectivity index (χ1v) is 11.2. The molecule has 1 aliphatic heterocycles. The van der Waals surface area contributed by atoms with Crippen molar-refractivity contribution in [1.82, 2.24) is 14.7 Å². The van der Waals surface area contributed by atoms with Crippen molar-refractivity contribution >= 4 is 56.2 Å². The summed E-state index contributed by atoms with van der Waals surface area (Å²) < 4.78 is 3.46. The molecule has 3 aromatic rings. The summed E-state index contributed by atoms with van der Waals surface area (Å²) in [6.07, 6.45) is 4.73. The molecule has 0 radical (unpaired) electrons. The third kappa shape index (κ3) is 4.22. The highest BCUT2D eigenvalue weighted by Gasteiger charge is 2.31. The average Bonchev–Trinajstić information content (AvgIpc) is 3.26. The van der Waals surface area contributed by atoms with Crippen molar-refractivity contribution < 1.29 is 4.79 Å². The largest absolute Gasteiger partial charge is 0.293 e. The van der Waals surface area contributed by atoms with Crippen molar-refractivity contribution in [1.29, 1.82) is 0 Å². The summed E-state index contributed by atoms with van der Waals surface area (Å²) in [6.45, 7) is 2.68. The molecule has 0 bridgehead atoms. The molecule has 146 valence electrons. The van der Waals surface area contributed by atoms with Gasteiger partial charge < -0.3 is 0 Å². The molecule has 0 unspecified atom stereocenters. The van der Waals surface area contributed by atoms with E-state index in [1.165, 1.54) is 11.8 Å². The summed E-state index contributed by atoms with van der Waals surface area (Å²) in [5.41, 5.74) is 3.65. The second kappa shape index (κ2) is 8.65. The van der Waals surface area contributed by atoms with Gasteiger partial charge in [0.1, 0.15) is 4.32 Å². The first-order valence-electron chi connectivity index (χ1n) is 9.23. The lowest BCUT2D eigenvalue weighted by Gasteiger charge is -2.11. The SMILES string of the molecule is CCCN1C(=O)/C(=C/c2cn(-c3ccccc3)nc2-c2ccc(Br)cc2)SC1=S. The van der Waals surface area contributed by atoms with E-state index in [-0.39, 0.29) is 5.91 Å². The molecule has 0 N–H and O–H groups in total. The molecule has 29 heavy (non-hydrogen) atoms. The number of carbonyl (C=O) groups is 1. The van der Waals surface area contributed by atoms with Crippen molar-refractivity contribution in [2.24, 2.45) is 0 Å². The fourth-order valence-corrected chi connectivity index (χ4v) is 4.66. The zero-order valence-corrected chi connectivity index (χ0v) is 18.9. The van der Waals surface area contributed by atoms with Crippen LogP contribution in [0.4, 0.5) is 0 Å². The average molecular weight is 484 g/mol. The standard InChI is InChI=1S/C22H18BrN3OS2/c1-2-12-25-21(27)19(29-22(25)28)13-16-14-26(18-6-4-3-5-7-18)24-20(16)15-8-10-17(23)11-9-15/h3-11,13-14H,2,12H2,1H3/b19-13-. The van der Waals surface area contributed by atoms with Gasteiger partial charge in [-0.2, -0.15) is 5.10 Å². The van der Waals surface area contributed by atoms with Gasteiger partial charge in [0, 0.05) is 28.3 Å². The van der Waals surface area contributed by atoms with E-state index >= 15 is 0 Å². The van der Waals surface area contributed by atoms with E-state index in [0.29, 0.717) is 15.8 Å². The lowest BCUT2D eigenvalue weighted by atomic mass is 10.1. The fourth-order valence-electron chi connectivity index (χ4n) is 3.10. The molecule has 1 aliphatic rings. The van der Waals surface area contributed by atoms with E-state index in [1.807, 2.05) is 78.5 Å². The highest BCUT2D eigenvalue weighted by atomic mass is 79.9. The number of para-hydroxylation sites is 1. The fraction of sp³-hybridized carbons (Fsp3) is 0.136. The zero-order valence-electron chi connectivity index (χ0n) is 15.7. The van der Waals surface area contributed by atoms with Gasteiger partial charge in [0.25, 0.3) is 5.91 Å². The van der Waals surface area contributed by atoms with Crippen LogP contribution in [0.15, 0.2) is 70.2 Å². The van der Waals surface area contributed by atoms with Gasteiger partial charge in [-0.25, -0.2) is 4.68 Å².